The van der Waals surface area contributed by atoms with Crippen LogP contribution in [0.3, 0.4) is 0 Å². The van der Waals surface area contributed by atoms with Gasteiger partial charge >= 0.3 is 6.18 Å². The first-order chi connectivity index (χ1) is 17.4. The topological polar surface area (TPSA) is 96.9 Å². The summed E-state index contributed by atoms with van der Waals surface area (Å²) in [7, 11) is 1.70. The minimum Gasteiger partial charge on any atom is -0.378 e. The second-order valence-electron chi connectivity index (χ2n) is 9.79. The van der Waals surface area contributed by atoms with Gasteiger partial charge in [-0.3, -0.25) is 4.98 Å². The van der Waals surface area contributed by atoms with Gasteiger partial charge in [-0.1, -0.05) is 6.42 Å². The molecule has 3 aliphatic rings. The van der Waals surface area contributed by atoms with Gasteiger partial charge in [0.25, 0.3) is 0 Å². The van der Waals surface area contributed by atoms with E-state index in [4.69, 9.17) is 14.7 Å². The number of halogens is 3. The molecule has 36 heavy (non-hydrogen) atoms. The number of nitrogens with one attached hydrogen (secondary N) is 3. The molecule has 0 spiro atoms. The third-order valence-corrected chi connectivity index (χ3v) is 7.64. The third-order valence-electron chi connectivity index (χ3n) is 7.64. The van der Waals surface area contributed by atoms with Crippen molar-refractivity contribution in [3.8, 4) is 11.4 Å². The zero-order valence-electron chi connectivity index (χ0n) is 19.9. The zero-order valence-corrected chi connectivity index (χ0v) is 19.9. The molecule has 5 heterocycles. The second-order valence-corrected chi connectivity index (χ2v) is 9.79. The summed E-state index contributed by atoms with van der Waals surface area (Å²) in [6.45, 7) is 1.58. The number of pyridine rings is 2. The molecule has 11 heteroatoms. The summed E-state index contributed by atoms with van der Waals surface area (Å²) in [4.78, 5) is 18.4. The molecule has 2 aliphatic heterocycles. The molecule has 8 nitrogen and oxygen atoms in total. The van der Waals surface area contributed by atoms with Gasteiger partial charge in [0.05, 0.1) is 23.9 Å². The first kappa shape index (κ1) is 23.4. The van der Waals surface area contributed by atoms with Crippen molar-refractivity contribution >= 4 is 22.5 Å². The van der Waals surface area contributed by atoms with E-state index < -0.39 is 12.2 Å². The van der Waals surface area contributed by atoms with Gasteiger partial charge in [-0.2, -0.15) is 13.2 Å². The molecule has 0 amide bonds. The fourth-order valence-corrected chi connectivity index (χ4v) is 5.43. The van der Waals surface area contributed by atoms with Gasteiger partial charge in [-0.25, -0.2) is 15.0 Å². The van der Waals surface area contributed by atoms with Crippen LogP contribution in [0.2, 0.25) is 0 Å². The number of anilines is 2. The molecule has 0 radical (unpaired) electrons. The molecule has 3 N–H and O–H groups in total. The first-order valence-electron chi connectivity index (χ1n) is 12.4. The molecule has 2 fully saturated rings. The van der Waals surface area contributed by atoms with E-state index in [9.17, 15) is 13.2 Å². The van der Waals surface area contributed by atoms with Crippen molar-refractivity contribution < 1.29 is 17.9 Å². The number of nitrogens with zero attached hydrogens (tertiary/aromatic N) is 4. The van der Waals surface area contributed by atoms with Crippen LogP contribution in [0.5, 0.6) is 0 Å². The number of piperidine rings is 1. The van der Waals surface area contributed by atoms with Crippen LogP contribution in [0, 0.1) is 0 Å². The standard InChI is InChI=1S/C25H28F3N7O/c1-36-19-12-29-7-6-17(19)32-24-21-16(13-3-2-4-13)10-30-11-18(21)33-23(35-24)14-5-8-31-22-15(14)9-20(34-22)25(26,27)28/h5,8,10-11,13,17,19-20,29H,2-4,6-7,9,12H2,1H3,(H,31,34)(H,32,33,35)/t17-,19+,20?/m0/s1. The first-order valence-corrected chi connectivity index (χ1v) is 12.4. The highest BCUT2D eigenvalue weighted by Crippen LogP contribution is 2.42. The van der Waals surface area contributed by atoms with Gasteiger partial charge in [-0.15, -0.1) is 0 Å². The predicted octanol–water partition coefficient (Wildman–Crippen LogP) is 4.04. The van der Waals surface area contributed by atoms with Crippen LogP contribution in [-0.2, 0) is 11.2 Å². The maximum absolute atomic E-state index is 13.5. The van der Waals surface area contributed by atoms with Crippen LogP contribution < -0.4 is 16.0 Å². The Bertz CT molecular complexity index is 1280. The van der Waals surface area contributed by atoms with Gasteiger partial charge in [0.1, 0.15) is 17.7 Å². The van der Waals surface area contributed by atoms with Gasteiger partial charge in [0, 0.05) is 49.0 Å². The number of hydrogen-bond acceptors (Lipinski definition) is 8. The Morgan fingerprint density at radius 2 is 2.00 bits per heavy atom. The van der Waals surface area contributed by atoms with Crippen LogP contribution >= 0.6 is 0 Å². The predicted molar refractivity (Wildman–Crippen MR) is 130 cm³/mol. The number of rotatable bonds is 5. The molecule has 1 unspecified atom stereocenters. The van der Waals surface area contributed by atoms with Crippen LogP contribution in [0.15, 0.2) is 24.7 Å². The molecular weight excluding hydrogens is 471 g/mol. The van der Waals surface area contributed by atoms with Crippen LogP contribution in [0.1, 0.15) is 42.7 Å². The zero-order chi connectivity index (χ0) is 24.9. The van der Waals surface area contributed by atoms with E-state index in [1.807, 2.05) is 6.20 Å². The number of hydrogen-bond donors (Lipinski definition) is 3. The lowest BCUT2D eigenvalue weighted by molar-refractivity contribution is -0.140. The molecular formula is C25H28F3N7O. The lowest BCUT2D eigenvalue weighted by atomic mass is 9.79. The van der Waals surface area contributed by atoms with Crippen LogP contribution in [0.25, 0.3) is 22.3 Å². The number of methoxy groups -OCH3 is 1. The highest BCUT2D eigenvalue weighted by atomic mass is 19.4. The minimum absolute atomic E-state index is 0.0315. The fourth-order valence-electron chi connectivity index (χ4n) is 5.43. The molecule has 3 atom stereocenters. The fraction of sp³-hybridized carbons (Fsp3) is 0.520. The van der Waals surface area contributed by atoms with Gasteiger partial charge in [0.15, 0.2) is 5.82 Å². The smallest absolute Gasteiger partial charge is 0.378 e. The Labute approximate surface area is 206 Å². The number of alkyl halides is 3. The average Bonchev–Trinajstić information content (AvgIpc) is 3.28. The van der Waals surface area contributed by atoms with Crippen molar-refractivity contribution in [1.29, 1.82) is 0 Å². The molecule has 1 saturated carbocycles. The SMILES string of the molecule is CO[C@@H]1CNCC[C@@H]1Nc1nc(-c2ccnc3c2CC(C(F)(F)F)N3)nc2cncc(C3CCC3)c12. The molecule has 190 valence electrons. The summed E-state index contributed by atoms with van der Waals surface area (Å²) in [5.74, 6) is 1.68. The maximum Gasteiger partial charge on any atom is 0.408 e. The van der Waals surface area contributed by atoms with E-state index in [0.29, 0.717) is 34.2 Å². The average molecular weight is 500 g/mol. The molecule has 6 rings (SSSR count). The van der Waals surface area contributed by atoms with E-state index >= 15 is 0 Å². The van der Waals surface area contributed by atoms with Gasteiger partial charge in [-0.05, 0) is 43.4 Å². The van der Waals surface area contributed by atoms with Crippen molar-refractivity contribution in [2.75, 3.05) is 30.8 Å². The summed E-state index contributed by atoms with van der Waals surface area (Å²) in [6, 6.07) is 0.0444. The summed E-state index contributed by atoms with van der Waals surface area (Å²) < 4.78 is 46.1. The molecule has 1 saturated heterocycles. The Balaban J connectivity index is 1.47. The van der Waals surface area contributed by atoms with Crippen molar-refractivity contribution in [2.45, 2.75) is 62.4 Å². The minimum atomic E-state index is -4.37. The quantitative estimate of drug-likeness (QED) is 0.484. The van der Waals surface area contributed by atoms with Crippen molar-refractivity contribution in [2.24, 2.45) is 0 Å². The Morgan fingerprint density at radius 1 is 1.14 bits per heavy atom. The summed E-state index contributed by atoms with van der Waals surface area (Å²) in [5.41, 5.74) is 2.82. The second kappa shape index (κ2) is 9.11. The van der Waals surface area contributed by atoms with Crippen molar-refractivity contribution in [3.63, 3.8) is 0 Å². The lowest BCUT2D eigenvalue weighted by Crippen LogP contribution is -2.48. The highest BCUT2D eigenvalue weighted by Gasteiger charge is 2.44. The van der Waals surface area contributed by atoms with Crippen LogP contribution in [-0.4, -0.2) is 64.5 Å². The van der Waals surface area contributed by atoms with Gasteiger partial charge in [0.2, 0.25) is 0 Å². The number of ether oxygens (including phenoxy) is 1. The Morgan fingerprint density at radius 3 is 2.75 bits per heavy atom. The van der Waals surface area contributed by atoms with E-state index in [2.05, 4.69) is 25.9 Å². The van der Waals surface area contributed by atoms with Crippen molar-refractivity contribution in [3.05, 3.63) is 35.8 Å². The number of fused-ring (bicyclic) bond motifs is 2. The molecule has 0 bridgehead atoms. The summed E-state index contributed by atoms with van der Waals surface area (Å²) >= 11 is 0. The monoisotopic (exact) mass is 499 g/mol. The Hall–Kier alpha value is -3.05. The van der Waals surface area contributed by atoms with E-state index in [0.717, 1.165) is 43.3 Å². The van der Waals surface area contributed by atoms with Crippen LogP contribution in [0.4, 0.5) is 24.8 Å². The van der Waals surface area contributed by atoms with Gasteiger partial charge < -0.3 is 20.7 Å². The van der Waals surface area contributed by atoms with Crippen molar-refractivity contribution in [1.82, 2.24) is 25.3 Å². The van der Waals surface area contributed by atoms with E-state index in [-0.39, 0.29) is 24.4 Å². The largest absolute Gasteiger partial charge is 0.408 e. The normalized spacial score (nSPS) is 24.3. The molecule has 3 aromatic rings. The summed E-state index contributed by atoms with van der Waals surface area (Å²) in [6.07, 6.45) is 4.70. The highest BCUT2D eigenvalue weighted by molar-refractivity contribution is 5.94. The third kappa shape index (κ3) is 4.13. The number of aromatic nitrogens is 4. The maximum atomic E-state index is 13.5. The van der Waals surface area contributed by atoms with E-state index in [1.54, 1.807) is 19.4 Å². The molecule has 0 aromatic carbocycles. The molecule has 1 aliphatic carbocycles. The van der Waals surface area contributed by atoms with E-state index in [1.165, 1.54) is 12.6 Å². The summed E-state index contributed by atoms with van der Waals surface area (Å²) in [5, 5.41) is 10.4. The Kier molecular flexibility index (Phi) is 5.91. The molecule has 3 aromatic heterocycles. The lowest BCUT2D eigenvalue weighted by Gasteiger charge is -2.33.